The van der Waals surface area contributed by atoms with Gasteiger partial charge in [-0.25, -0.2) is 4.39 Å². The molecule has 0 saturated heterocycles. The second kappa shape index (κ2) is 7.57. The van der Waals surface area contributed by atoms with Crippen LogP contribution in [0.3, 0.4) is 0 Å². The Morgan fingerprint density at radius 2 is 2.10 bits per heavy atom. The number of nitrogens with one attached hydrogen (secondary N) is 1. The van der Waals surface area contributed by atoms with Gasteiger partial charge in [-0.1, -0.05) is 13.0 Å². The van der Waals surface area contributed by atoms with Crippen molar-refractivity contribution in [1.82, 2.24) is 5.32 Å². The van der Waals surface area contributed by atoms with E-state index in [-0.39, 0.29) is 11.9 Å². The Kier molecular flexibility index (Phi) is 5.76. The smallest absolute Gasteiger partial charge is 0.123 e. The van der Waals surface area contributed by atoms with Crippen molar-refractivity contribution in [3.8, 4) is 0 Å². The molecule has 4 heteroatoms. The molecular formula is C17H23FN2S. The monoisotopic (exact) mass is 306 g/mol. The second-order valence-electron chi connectivity index (χ2n) is 5.08. The lowest BCUT2D eigenvalue weighted by molar-refractivity contribution is 0.580. The van der Waals surface area contributed by atoms with Crippen LogP contribution in [0.4, 0.5) is 10.1 Å². The molecule has 0 saturated carbocycles. The molecule has 1 unspecified atom stereocenters. The Hall–Kier alpha value is -1.39. The quantitative estimate of drug-likeness (QED) is 0.805. The lowest BCUT2D eigenvalue weighted by atomic mass is 10.0. The fourth-order valence-electron chi connectivity index (χ4n) is 2.53. The van der Waals surface area contributed by atoms with Gasteiger partial charge in [-0.15, -0.1) is 11.3 Å². The Balaban J connectivity index is 2.31. The van der Waals surface area contributed by atoms with Crippen LogP contribution in [0.15, 0.2) is 35.7 Å². The molecule has 21 heavy (non-hydrogen) atoms. The number of thiophene rings is 1. The van der Waals surface area contributed by atoms with E-state index in [9.17, 15) is 4.39 Å². The molecule has 2 aromatic rings. The molecule has 0 aliphatic carbocycles. The zero-order valence-electron chi connectivity index (χ0n) is 12.9. The molecule has 1 atom stereocenters. The van der Waals surface area contributed by atoms with Gasteiger partial charge < -0.3 is 10.2 Å². The number of rotatable bonds is 7. The van der Waals surface area contributed by atoms with Gasteiger partial charge in [0.2, 0.25) is 0 Å². The number of halogens is 1. The molecule has 0 amide bonds. The lowest BCUT2D eigenvalue weighted by Gasteiger charge is -2.28. The fraction of sp³-hybridized carbons (Fsp3) is 0.412. The van der Waals surface area contributed by atoms with Crippen molar-refractivity contribution in [1.29, 1.82) is 0 Å². The van der Waals surface area contributed by atoms with Gasteiger partial charge in [-0.2, -0.15) is 0 Å². The van der Waals surface area contributed by atoms with Crippen LogP contribution in [-0.2, 0) is 6.54 Å². The Morgan fingerprint density at radius 3 is 2.71 bits per heavy atom. The van der Waals surface area contributed by atoms with Gasteiger partial charge in [0.15, 0.2) is 0 Å². The van der Waals surface area contributed by atoms with E-state index in [0.29, 0.717) is 0 Å². The summed E-state index contributed by atoms with van der Waals surface area (Å²) in [4.78, 5) is 3.62. The SMILES string of the molecule is CCNC(C)c1cc(F)ccc1N(CC)Cc1cccs1. The minimum absolute atomic E-state index is 0.137. The van der Waals surface area contributed by atoms with Crippen molar-refractivity contribution in [2.45, 2.75) is 33.4 Å². The van der Waals surface area contributed by atoms with Crippen LogP contribution in [0, 0.1) is 5.82 Å². The summed E-state index contributed by atoms with van der Waals surface area (Å²) in [6.45, 7) is 8.92. The Bertz CT molecular complexity index is 554. The highest BCUT2D eigenvalue weighted by Gasteiger charge is 2.16. The van der Waals surface area contributed by atoms with Gasteiger partial charge in [0.25, 0.3) is 0 Å². The van der Waals surface area contributed by atoms with Crippen LogP contribution in [0.5, 0.6) is 0 Å². The zero-order chi connectivity index (χ0) is 15.2. The highest BCUT2D eigenvalue weighted by Crippen LogP contribution is 2.29. The number of anilines is 1. The molecule has 2 rings (SSSR count). The van der Waals surface area contributed by atoms with Crippen LogP contribution >= 0.6 is 11.3 Å². The maximum absolute atomic E-state index is 13.6. The summed E-state index contributed by atoms with van der Waals surface area (Å²) in [5.74, 6) is -0.175. The van der Waals surface area contributed by atoms with Crippen molar-refractivity contribution < 1.29 is 4.39 Å². The van der Waals surface area contributed by atoms with Crippen molar-refractivity contribution in [3.63, 3.8) is 0 Å². The van der Waals surface area contributed by atoms with Gasteiger partial charge in [0.1, 0.15) is 5.82 Å². The molecule has 2 nitrogen and oxygen atoms in total. The minimum Gasteiger partial charge on any atom is -0.366 e. The molecule has 0 spiro atoms. The third kappa shape index (κ3) is 4.05. The predicted molar refractivity (Wildman–Crippen MR) is 89.5 cm³/mol. The molecule has 0 aliphatic heterocycles. The van der Waals surface area contributed by atoms with E-state index in [4.69, 9.17) is 0 Å². The summed E-state index contributed by atoms with van der Waals surface area (Å²) in [6.07, 6.45) is 0. The summed E-state index contributed by atoms with van der Waals surface area (Å²) in [5.41, 5.74) is 2.14. The fourth-order valence-corrected chi connectivity index (χ4v) is 3.25. The molecule has 1 aromatic carbocycles. The molecule has 1 aromatic heterocycles. The summed E-state index contributed by atoms with van der Waals surface area (Å²) < 4.78 is 13.6. The minimum atomic E-state index is -0.175. The standard InChI is InChI=1S/C17H23FN2S/c1-4-19-13(3)16-11-14(18)8-9-17(16)20(5-2)12-15-7-6-10-21-15/h6-11,13,19H,4-5,12H2,1-3H3. The first-order chi connectivity index (χ1) is 10.2. The van der Waals surface area contributed by atoms with E-state index < -0.39 is 0 Å². The van der Waals surface area contributed by atoms with E-state index in [1.807, 2.05) is 6.07 Å². The number of nitrogens with zero attached hydrogens (tertiary/aromatic N) is 1. The third-order valence-corrected chi connectivity index (χ3v) is 4.48. The first-order valence-corrected chi connectivity index (χ1v) is 8.33. The molecule has 1 N–H and O–H groups in total. The van der Waals surface area contributed by atoms with Crippen molar-refractivity contribution in [3.05, 3.63) is 52.0 Å². The highest BCUT2D eigenvalue weighted by atomic mass is 32.1. The second-order valence-corrected chi connectivity index (χ2v) is 6.11. The molecule has 0 bridgehead atoms. The summed E-state index contributed by atoms with van der Waals surface area (Å²) >= 11 is 1.76. The van der Waals surface area contributed by atoms with E-state index in [1.54, 1.807) is 23.5 Å². The summed E-state index contributed by atoms with van der Waals surface area (Å²) in [5, 5.41) is 5.47. The first-order valence-electron chi connectivity index (χ1n) is 7.45. The third-order valence-electron chi connectivity index (χ3n) is 3.62. The zero-order valence-corrected chi connectivity index (χ0v) is 13.7. The van der Waals surface area contributed by atoms with Crippen molar-refractivity contribution >= 4 is 17.0 Å². The predicted octanol–water partition coefficient (Wildman–Crippen LogP) is 4.58. The average molecular weight is 306 g/mol. The number of hydrogen-bond acceptors (Lipinski definition) is 3. The molecule has 114 valence electrons. The Morgan fingerprint density at radius 1 is 1.29 bits per heavy atom. The van der Waals surface area contributed by atoms with Crippen molar-refractivity contribution in [2.24, 2.45) is 0 Å². The normalized spacial score (nSPS) is 12.4. The molecule has 0 radical (unpaired) electrons. The van der Waals surface area contributed by atoms with E-state index in [1.165, 1.54) is 4.88 Å². The van der Waals surface area contributed by atoms with Gasteiger partial charge in [0, 0.05) is 23.2 Å². The topological polar surface area (TPSA) is 15.3 Å². The van der Waals surface area contributed by atoms with Gasteiger partial charge in [-0.3, -0.25) is 0 Å². The van der Waals surface area contributed by atoms with E-state index in [0.717, 1.165) is 30.9 Å². The lowest BCUT2D eigenvalue weighted by Crippen LogP contribution is -2.26. The number of benzene rings is 1. The maximum Gasteiger partial charge on any atom is 0.123 e. The van der Waals surface area contributed by atoms with E-state index in [2.05, 4.69) is 48.5 Å². The summed E-state index contributed by atoms with van der Waals surface area (Å²) in [6, 6.07) is 9.45. The maximum atomic E-state index is 13.6. The first kappa shape index (κ1) is 16.0. The molecular weight excluding hydrogens is 283 g/mol. The van der Waals surface area contributed by atoms with E-state index >= 15 is 0 Å². The van der Waals surface area contributed by atoms with Crippen molar-refractivity contribution in [2.75, 3.05) is 18.0 Å². The molecule has 0 fully saturated rings. The average Bonchev–Trinajstić information content (AvgIpc) is 2.98. The Labute approximate surface area is 130 Å². The molecule has 0 aliphatic rings. The highest BCUT2D eigenvalue weighted by molar-refractivity contribution is 7.09. The van der Waals surface area contributed by atoms with Crippen LogP contribution in [-0.4, -0.2) is 13.1 Å². The number of hydrogen-bond donors (Lipinski definition) is 1. The van der Waals surface area contributed by atoms with Crippen LogP contribution in [0.25, 0.3) is 0 Å². The van der Waals surface area contributed by atoms with Crippen LogP contribution < -0.4 is 10.2 Å². The van der Waals surface area contributed by atoms with Gasteiger partial charge in [-0.05, 0) is 55.6 Å². The van der Waals surface area contributed by atoms with Crippen LogP contribution in [0.2, 0.25) is 0 Å². The largest absolute Gasteiger partial charge is 0.366 e. The summed E-state index contributed by atoms with van der Waals surface area (Å²) in [7, 11) is 0. The van der Waals surface area contributed by atoms with Gasteiger partial charge in [0.05, 0.1) is 6.54 Å². The van der Waals surface area contributed by atoms with Gasteiger partial charge >= 0.3 is 0 Å². The molecule has 1 heterocycles. The van der Waals surface area contributed by atoms with Crippen LogP contribution in [0.1, 0.15) is 37.3 Å².